The van der Waals surface area contributed by atoms with Gasteiger partial charge in [-0.25, -0.2) is 0 Å². The van der Waals surface area contributed by atoms with E-state index in [1.807, 2.05) is 29.2 Å². The lowest BCUT2D eigenvalue weighted by molar-refractivity contribution is 0.100. The third-order valence-electron chi connectivity index (χ3n) is 4.53. The summed E-state index contributed by atoms with van der Waals surface area (Å²) in [5.74, 6) is 1.86. The number of hydrogen-bond acceptors (Lipinski definition) is 5. The van der Waals surface area contributed by atoms with E-state index in [-0.39, 0.29) is 29.3 Å². The molecule has 6 heteroatoms. The number of Topliss-reactive ketones (excluding diaryl/α,β-unsaturated/α-hetero) is 1. The molecule has 0 saturated carbocycles. The minimum Gasteiger partial charge on any atom is -0.497 e. The van der Waals surface area contributed by atoms with Crippen LogP contribution in [0.2, 0.25) is 0 Å². The third kappa shape index (κ3) is 5.36. The summed E-state index contributed by atoms with van der Waals surface area (Å²) in [6, 6.07) is 13.6. The zero-order chi connectivity index (χ0) is 18.5. The molecule has 0 aromatic heterocycles. The standard InChI is InChI=1S/C21H24N2O2S.BrH/c1-15-5-8-18(13-16(15)2)23(21-22-11-4-12-26-21)14-20(24)17-6-9-19(25-3)10-7-17;/h5-10,13H,4,11-12,14H2,1-3H3;1H. The van der Waals surface area contributed by atoms with Gasteiger partial charge in [-0.2, -0.15) is 0 Å². The molecule has 0 fully saturated rings. The van der Waals surface area contributed by atoms with E-state index >= 15 is 0 Å². The number of amidine groups is 1. The van der Waals surface area contributed by atoms with Gasteiger partial charge in [0, 0.05) is 23.5 Å². The van der Waals surface area contributed by atoms with Crippen molar-refractivity contribution in [2.75, 3.05) is 30.9 Å². The Balaban J connectivity index is 0.00000261. The number of ketones is 1. The van der Waals surface area contributed by atoms with Gasteiger partial charge in [-0.3, -0.25) is 9.79 Å². The number of methoxy groups -OCH3 is 1. The van der Waals surface area contributed by atoms with E-state index in [0.717, 1.165) is 35.3 Å². The van der Waals surface area contributed by atoms with Gasteiger partial charge in [-0.05, 0) is 67.8 Å². The highest BCUT2D eigenvalue weighted by Crippen LogP contribution is 2.25. The van der Waals surface area contributed by atoms with Crippen LogP contribution in [0.15, 0.2) is 47.5 Å². The summed E-state index contributed by atoms with van der Waals surface area (Å²) in [4.78, 5) is 19.6. The molecular weight excluding hydrogens is 424 g/mol. The number of carbonyl (C=O) groups is 1. The number of rotatable bonds is 5. The van der Waals surface area contributed by atoms with Crippen molar-refractivity contribution in [2.45, 2.75) is 20.3 Å². The molecular formula is C21H25BrN2O2S. The van der Waals surface area contributed by atoms with E-state index in [4.69, 9.17) is 4.74 Å². The third-order valence-corrected chi connectivity index (χ3v) is 5.63. The number of thioether (sulfide) groups is 1. The summed E-state index contributed by atoms with van der Waals surface area (Å²) in [7, 11) is 1.62. The van der Waals surface area contributed by atoms with Gasteiger partial charge in [0.15, 0.2) is 11.0 Å². The van der Waals surface area contributed by atoms with Crippen LogP contribution in [0.3, 0.4) is 0 Å². The number of hydrogen-bond donors (Lipinski definition) is 0. The van der Waals surface area contributed by atoms with Gasteiger partial charge >= 0.3 is 0 Å². The van der Waals surface area contributed by atoms with E-state index in [2.05, 4.69) is 37.0 Å². The van der Waals surface area contributed by atoms with E-state index < -0.39 is 0 Å². The molecule has 4 nitrogen and oxygen atoms in total. The first kappa shape index (κ1) is 21.5. The SMILES string of the molecule is Br.COc1ccc(C(=O)CN(C2=NCCCS2)c2ccc(C)c(C)c2)cc1. The van der Waals surface area contributed by atoms with Crippen molar-refractivity contribution in [3.63, 3.8) is 0 Å². The number of halogens is 1. The Morgan fingerprint density at radius 1 is 1.15 bits per heavy atom. The molecule has 0 amide bonds. The molecule has 1 aliphatic rings. The van der Waals surface area contributed by atoms with Crippen molar-refractivity contribution >= 4 is 45.4 Å². The molecule has 3 rings (SSSR count). The van der Waals surface area contributed by atoms with Gasteiger partial charge in [0.25, 0.3) is 0 Å². The highest BCUT2D eigenvalue weighted by molar-refractivity contribution is 8.93. The van der Waals surface area contributed by atoms with Gasteiger partial charge in [0.1, 0.15) is 5.75 Å². The number of aryl methyl sites for hydroxylation is 2. The molecule has 0 saturated heterocycles. The van der Waals surface area contributed by atoms with E-state index in [1.54, 1.807) is 18.9 Å². The Kier molecular flexibility index (Phi) is 7.92. The predicted molar refractivity (Wildman–Crippen MR) is 120 cm³/mol. The molecule has 1 heterocycles. The first-order valence-corrected chi connectivity index (χ1v) is 9.76. The van der Waals surface area contributed by atoms with E-state index in [0.29, 0.717) is 5.56 Å². The maximum Gasteiger partial charge on any atom is 0.182 e. The fourth-order valence-corrected chi connectivity index (χ4v) is 3.75. The summed E-state index contributed by atoms with van der Waals surface area (Å²) in [6.07, 6.45) is 1.08. The number of anilines is 1. The monoisotopic (exact) mass is 448 g/mol. The average molecular weight is 449 g/mol. The number of nitrogens with zero attached hydrogens (tertiary/aromatic N) is 2. The maximum atomic E-state index is 12.9. The van der Waals surface area contributed by atoms with Crippen LogP contribution in [0.25, 0.3) is 0 Å². The topological polar surface area (TPSA) is 41.9 Å². The van der Waals surface area contributed by atoms with Gasteiger partial charge in [-0.15, -0.1) is 17.0 Å². The summed E-state index contributed by atoms with van der Waals surface area (Å²) < 4.78 is 5.17. The van der Waals surface area contributed by atoms with Gasteiger partial charge in [0.05, 0.1) is 13.7 Å². The van der Waals surface area contributed by atoms with Crippen molar-refractivity contribution < 1.29 is 9.53 Å². The summed E-state index contributed by atoms with van der Waals surface area (Å²) in [5, 5.41) is 0.932. The van der Waals surface area contributed by atoms with Crippen molar-refractivity contribution in [1.29, 1.82) is 0 Å². The van der Waals surface area contributed by atoms with Crippen molar-refractivity contribution in [3.8, 4) is 5.75 Å². The highest BCUT2D eigenvalue weighted by Gasteiger charge is 2.21. The first-order valence-electron chi connectivity index (χ1n) is 8.78. The molecule has 0 radical (unpaired) electrons. The smallest absolute Gasteiger partial charge is 0.182 e. The van der Waals surface area contributed by atoms with Crippen LogP contribution >= 0.6 is 28.7 Å². The van der Waals surface area contributed by atoms with Gasteiger partial charge < -0.3 is 9.64 Å². The van der Waals surface area contributed by atoms with Gasteiger partial charge in [0.2, 0.25) is 0 Å². The van der Waals surface area contributed by atoms with Crippen LogP contribution in [0, 0.1) is 13.8 Å². The average Bonchev–Trinajstić information content (AvgIpc) is 2.69. The number of aliphatic imine (C=N–C) groups is 1. The van der Waals surface area contributed by atoms with E-state index in [9.17, 15) is 4.79 Å². The van der Waals surface area contributed by atoms with E-state index in [1.165, 1.54) is 11.1 Å². The number of carbonyl (C=O) groups excluding carboxylic acids is 1. The Bertz CT molecular complexity index is 821. The summed E-state index contributed by atoms with van der Waals surface area (Å²) >= 11 is 1.72. The molecule has 0 bridgehead atoms. The quantitative estimate of drug-likeness (QED) is 0.598. The van der Waals surface area contributed by atoms with Crippen LogP contribution in [0.4, 0.5) is 5.69 Å². The molecule has 27 heavy (non-hydrogen) atoms. The first-order chi connectivity index (χ1) is 12.6. The van der Waals surface area contributed by atoms with Crippen molar-refractivity contribution in [2.24, 2.45) is 4.99 Å². The second-order valence-electron chi connectivity index (χ2n) is 6.37. The lowest BCUT2D eigenvalue weighted by Gasteiger charge is -2.27. The highest BCUT2D eigenvalue weighted by atomic mass is 79.9. The van der Waals surface area contributed by atoms with Crippen LogP contribution in [0.5, 0.6) is 5.75 Å². The molecule has 1 aliphatic heterocycles. The minimum absolute atomic E-state index is 0. The molecule has 0 atom stereocenters. The van der Waals surface area contributed by atoms with Crippen molar-refractivity contribution in [1.82, 2.24) is 0 Å². The predicted octanol–water partition coefficient (Wildman–Crippen LogP) is 5.07. The second kappa shape index (κ2) is 9.95. The number of ether oxygens (including phenoxy) is 1. The second-order valence-corrected chi connectivity index (χ2v) is 7.43. The van der Waals surface area contributed by atoms with Crippen molar-refractivity contribution in [3.05, 3.63) is 59.2 Å². The molecule has 0 spiro atoms. The largest absolute Gasteiger partial charge is 0.497 e. The molecule has 144 valence electrons. The Labute approximate surface area is 175 Å². The van der Waals surface area contributed by atoms with Crippen LogP contribution in [0.1, 0.15) is 27.9 Å². The number of benzene rings is 2. The fourth-order valence-electron chi connectivity index (χ4n) is 2.79. The summed E-state index contributed by atoms with van der Waals surface area (Å²) in [5.41, 5.74) is 4.16. The minimum atomic E-state index is 0. The fraction of sp³-hybridized carbons (Fsp3) is 0.333. The maximum absolute atomic E-state index is 12.9. The molecule has 0 aliphatic carbocycles. The molecule has 0 N–H and O–H groups in total. The Hall–Kier alpha value is -1.79. The zero-order valence-corrected chi connectivity index (χ0v) is 18.4. The lowest BCUT2D eigenvalue weighted by Crippen LogP contribution is -2.35. The molecule has 2 aromatic rings. The van der Waals surface area contributed by atoms with Crippen LogP contribution in [-0.4, -0.2) is 36.9 Å². The van der Waals surface area contributed by atoms with Crippen LogP contribution in [-0.2, 0) is 0 Å². The lowest BCUT2D eigenvalue weighted by atomic mass is 10.1. The molecule has 2 aromatic carbocycles. The zero-order valence-electron chi connectivity index (χ0n) is 15.9. The van der Waals surface area contributed by atoms with Crippen LogP contribution < -0.4 is 9.64 Å². The summed E-state index contributed by atoms with van der Waals surface area (Å²) in [6.45, 7) is 5.29. The molecule has 0 unspecified atom stereocenters. The van der Waals surface area contributed by atoms with Gasteiger partial charge in [-0.1, -0.05) is 17.8 Å². The normalized spacial score (nSPS) is 13.4. The Morgan fingerprint density at radius 2 is 1.89 bits per heavy atom. The Morgan fingerprint density at radius 3 is 2.48 bits per heavy atom.